The molecule has 0 radical (unpaired) electrons. The summed E-state index contributed by atoms with van der Waals surface area (Å²) in [6, 6.07) is 0. The van der Waals surface area contributed by atoms with E-state index in [-0.39, 0.29) is 11.4 Å². The first-order valence-corrected chi connectivity index (χ1v) is 6.98. The van der Waals surface area contributed by atoms with Crippen molar-refractivity contribution in [3.05, 3.63) is 0 Å². The molecule has 1 amide bonds. The van der Waals surface area contributed by atoms with Crippen molar-refractivity contribution >= 4 is 5.91 Å². The number of amides is 1. The van der Waals surface area contributed by atoms with E-state index in [2.05, 4.69) is 26.1 Å². The van der Waals surface area contributed by atoms with Crippen molar-refractivity contribution in [2.45, 2.75) is 64.8 Å². The summed E-state index contributed by atoms with van der Waals surface area (Å²) in [6.45, 7) is 7.12. The Morgan fingerprint density at radius 2 is 2.24 bits per heavy atom. The van der Waals surface area contributed by atoms with E-state index in [1.807, 2.05) is 0 Å². The van der Waals surface area contributed by atoms with Gasteiger partial charge in [-0.2, -0.15) is 0 Å². The van der Waals surface area contributed by atoms with Crippen molar-refractivity contribution in [1.29, 1.82) is 0 Å². The molecule has 0 bridgehead atoms. The van der Waals surface area contributed by atoms with Crippen LogP contribution in [-0.2, 0) is 4.79 Å². The van der Waals surface area contributed by atoms with Gasteiger partial charge in [0, 0.05) is 13.0 Å². The van der Waals surface area contributed by atoms with Gasteiger partial charge in [0.25, 0.3) is 0 Å². The molecule has 0 aliphatic heterocycles. The second-order valence-corrected chi connectivity index (χ2v) is 6.17. The Kier molecular flexibility index (Phi) is 5.44. The van der Waals surface area contributed by atoms with Crippen LogP contribution in [0.5, 0.6) is 0 Å². The third-order valence-electron chi connectivity index (χ3n) is 3.84. The number of hydrogen-bond donors (Lipinski definition) is 2. The van der Waals surface area contributed by atoms with E-state index in [0.717, 1.165) is 19.3 Å². The normalized spacial score (nSPS) is 29.4. The second-order valence-electron chi connectivity index (χ2n) is 6.17. The molecule has 0 saturated heterocycles. The maximum Gasteiger partial charge on any atom is 0.220 e. The molecule has 0 spiro atoms. The van der Waals surface area contributed by atoms with Gasteiger partial charge in [-0.15, -0.1) is 0 Å². The Hall–Kier alpha value is -0.570. The number of carbonyl (C=O) groups is 1. The van der Waals surface area contributed by atoms with E-state index >= 15 is 0 Å². The van der Waals surface area contributed by atoms with Gasteiger partial charge in [-0.1, -0.05) is 33.6 Å². The molecule has 2 atom stereocenters. The minimum atomic E-state index is -0.119. The molecule has 17 heavy (non-hydrogen) atoms. The molecule has 0 aromatic carbocycles. The van der Waals surface area contributed by atoms with Gasteiger partial charge >= 0.3 is 0 Å². The Morgan fingerprint density at radius 1 is 1.53 bits per heavy atom. The highest BCUT2D eigenvalue weighted by Crippen LogP contribution is 2.31. The molecular weight excluding hydrogens is 212 g/mol. The predicted octanol–water partition coefficient (Wildman–Crippen LogP) is 2.45. The molecule has 1 aliphatic carbocycles. The van der Waals surface area contributed by atoms with Crippen molar-refractivity contribution in [2.75, 3.05) is 6.54 Å². The molecule has 0 heterocycles. The molecule has 0 aromatic heterocycles. The lowest BCUT2D eigenvalue weighted by Crippen LogP contribution is -2.56. The number of hydrogen-bond acceptors (Lipinski definition) is 2. The fourth-order valence-corrected chi connectivity index (χ4v) is 2.79. The highest BCUT2D eigenvalue weighted by Gasteiger charge is 2.34. The van der Waals surface area contributed by atoms with Crippen LogP contribution in [-0.4, -0.2) is 18.0 Å². The van der Waals surface area contributed by atoms with Crippen molar-refractivity contribution < 1.29 is 4.79 Å². The lowest BCUT2D eigenvalue weighted by molar-refractivity contribution is -0.123. The van der Waals surface area contributed by atoms with Crippen molar-refractivity contribution in [1.82, 2.24) is 5.32 Å². The molecule has 1 fully saturated rings. The summed E-state index contributed by atoms with van der Waals surface area (Å²) in [7, 11) is 0. The van der Waals surface area contributed by atoms with Gasteiger partial charge in [0.1, 0.15) is 0 Å². The molecular formula is C14H28N2O. The zero-order valence-electron chi connectivity index (χ0n) is 11.6. The van der Waals surface area contributed by atoms with Gasteiger partial charge in [-0.3, -0.25) is 4.79 Å². The Morgan fingerprint density at radius 3 is 2.76 bits per heavy atom. The molecule has 1 rings (SSSR count). The summed E-state index contributed by atoms with van der Waals surface area (Å²) >= 11 is 0. The smallest absolute Gasteiger partial charge is 0.220 e. The van der Waals surface area contributed by atoms with Crippen LogP contribution in [0.3, 0.4) is 0 Å². The SMILES string of the molecule is CC(C)CCC(=O)NC1(CN)CCCC(C)C1. The minimum Gasteiger partial charge on any atom is -0.349 e. The number of carbonyl (C=O) groups excluding carboxylic acids is 1. The largest absolute Gasteiger partial charge is 0.349 e. The first-order valence-electron chi connectivity index (χ1n) is 6.98. The van der Waals surface area contributed by atoms with E-state index < -0.39 is 0 Å². The van der Waals surface area contributed by atoms with Crippen LogP contribution < -0.4 is 11.1 Å². The fraction of sp³-hybridized carbons (Fsp3) is 0.929. The van der Waals surface area contributed by atoms with Crippen molar-refractivity contribution in [3.63, 3.8) is 0 Å². The number of nitrogens with two attached hydrogens (primary N) is 1. The highest BCUT2D eigenvalue weighted by molar-refractivity contribution is 5.76. The topological polar surface area (TPSA) is 55.1 Å². The van der Waals surface area contributed by atoms with Gasteiger partial charge in [0.05, 0.1) is 5.54 Å². The van der Waals surface area contributed by atoms with Crippen LogP contribution in [0.2, 0.25) is 0 Å². The molecule has 1 aliphatic rings. The Bertz CT molecular complexity index is 253. The van der Waals surface area contributed by atoms with Crippen molar-refractivity contribution in [3.8, 4) is 0 Å². The maximum absolute atomic E-state index is 11.9. The van der Waals surface area contributed by atoms with Gasteiger partial charge in [-0.25, -0.2) is 0 Å². The number of rotatable bonds is 5. The van der Waals surface area contributed by atoms with Crippen LogP contribution in [0.15, 0.2) is 0 Å². The van der Waals surface area contributed by atoms with Gasteiger partial charge in [0.15, 0.2) is 0 Å². The summed E-state index contributed by atoms with van der Waals surface area (Å²) in [5.74, 6) is 1.44. The molecule has 3 nitrogen and oxygen atoms in total. The van der Waals surface area contributed by atoms with Crippen LogP contribution in [0.1, 0.15) is 59.3 Å². The standard InChI is InChI=1S/C14H28N2O/c1-11(2)6-7-13(17)16-14(10-15)8-4-5-12(3)9-14/h11-12H,4-10,15H2,1-3H3,(H,16,17). The first-order chi connectivity index (χ1) is 7.97. The van der Waals surface area contributed by atoms with E-state index in [4.69, 9.17) is 5.73 Å². The zero-order valence-corrected chi connectivity index (χ0v) is 11.6. The van der Waals surface area contributed by atoms with Crippen LogP contribution in [0.25, 0.3) is 0 Å². The maximum atomic E-state index is 11.9. The Labute approximate surface area is 106 Å². The summed E-state index contributed by atoms with van der Waals surface area (Å²) in [4.78, 5) is 11.9. The average Bonchev–Trinajstić information content (AvgIpc) is 2.26. The lowest BCUT2D eigenvalue weighted by Gasteiger charge is -2.40. The fourth-order valence-electron chi connectivity index (χ4n) is 2.79. The quantitative estimate of drug-likeness (QED) is 0.775. The molecule has 1 saturated carbocycles. The van der Waals surface area contributed by atoms with E-state index in [0.29, 0.717) is 24.8 Å². The minimum absolute atomic E-state index is 0.119. The highest BCUT2D eigenvalue weighted by atomic mass is 16.1. The molecule has 3 N–H and O–H groups in total. The third-order valence-corrected chi connectivity index (χ3v) is 3.84. The summed E-state index contributed by atoms with van der Waals surface area (Å²) in [5.41, 5.74) is 5.77. The van der Waals surface area contributed by atoms with Gasteiger partial charge in [-0.05, 0) is 31.1 Å². The molecule has 2 unspecified atom stereocenters. The molecule has 3 heteroatoms. The van der Waals surface area contributed by atoms with Crippen LogP contribution in [0, 0.1) is 11.8 Å². The molecule has 100 valence electrons. The van der Waals surface area contributed by atoms with Crippen LogP contribution in [0.4, 0.5) is 0 Å². The first kappa shape index (κ1) is 14.5. The van der Waals surface area contributed by atoms with Crippen LogP contribution >= 0.6 is 0 Å². The summed E-state index contributed by atoms with van der Waals surface area (Å²) in [5, 5.41) is 3.20. The van der Waals surface area contributed by atoms with E-state index in [1.54, 1.807) is 0 Å². The third kappa shape index (κ3) is 4.66. The van der Waals surface area contributed by atoms with Gasteiger partial charge < -0.3 is 11.1 Å². The summed E-state index contributed by atoms with van der Waals surface area (Å²) < 4.78 is 0. The monoisotopic (exact) mass is 240 g/mol. The number of nitrogens with one attached hydrogen (secondary N) is 1. The average molecular weight is 240 g/mol. The van der Waals surface area contributed by atoms with Gasteiger partial charge in [0.2, 0.25) is 5.91 Å². The predicted molar refractivity (Wildman–Crippen MR) is 71.6 cm³/mol. The Balaban J connectivity index is 2.47. The zero-order chi connectivity index (χ0) is 12.9. The summed E-state index contributed by atoms with van der Waals surface area (Å²) in [6.07, 6.45) is 6.13. The van der Waals surface area contributed by atoms with Crippen molar-refractivity contribution in [2.24, 2.45) is 17.6 Å². The van der Waals surface area contributed by atoms with E-state index in [1.165, 1.54) is 12.8 Å². The molecule has 0 aromatic rings. The van der Waals surface area contributed by atoms with E-state index in [9.17, 15) is 4.79 Å². The lowest BCUT2D eigenvalue weighted by atomic mass is 9.76. The second kappa shape index (κ2) is 6.39.